The van der Waals surface area contributed by atoms with Crippen LogP contribution in [0.2, 0.25) is 10.0 Å². The molecule has 3 aromatic carbocycles. The molecule has 1 N–H and O–H groups in total. The maximum atomic E-state index is 12.6. The van der Waals surface area contributed by atoms with Crippen LogP contribution in [0, 0.1) is 5.92 Å². The fraction of sp³-hybridized carbons (Fsp3) is 0.192. The van der Waals surface area contributed by atoms with E-state index in [0.29, 0.717) is 34.7 Å². The molecule has 0 aliphatic carbocycles. The first-order valence-electron chi connectivity index (χ1n) is 10.9. The Kier molecular flexibility index (Phi) is 7.90. The molecule has 9 heteroatoms. The Hall–Kier alpha value is -3.55. The monoisotopic (exact) mass is 511 g/mol. The van der Waals surface area contributed by atoms with Crippen molar-refractivity contribution in [3.63, 3.8) is 0 Å². The second-order valence-electron chi connectivity index (χ2n) is 7.95. The molecule has 1 aliphatic heterocycles. The van der Waals surface area contributed by atoms with E-state index in [4.69, 9.17) is 32.7 Å². The molecule has 0 radical (unpaired) electrons. The van der Waals surface area contributed by atoms with Crippen molar-refractivity contribution in [2.45, 2.75) is 13.0 Å². The number of amides is 2. The Bertz CT molecular complexity index is 1250. The van der Waals surface area contributed by atoms with E-state index >= 15 is 0 Å². The van der Waals surface area contributed by atoms with Crippen LogP contribution in [-0.4, -0.2) is 31.7 Å². The zero-order valence-electron chi connectivity index (χ0n) is 18.9. The molecule has 1 heterocycles. The number of rotatable bonds is 8. The second kappa shape index (κ2) is 11.3. The molecule has 0 aromatic heterocycles. The number of methoxy groups -OCH3 is 1. The van der Waals surface area contributed by atoms with Gasteiger partial charge in [-0.3, -0.25) is 9.59 Å². The smallest absolute Gasteiger partial charge is 0.245 e. The number of hydrogen-bond donors (Lipinski definition) is 1. The molecule has 7 nitrogen and oxygen atoms in total. The normalized spacial score (nSPS) is 15.5. The van der Waals surface area contributed by atoms with Crippen molar-refractivity contribution < 1.29 is 19.1 Å². The quantitative estimate of drug-likeness (QED) is 0.337. The molecule has 4 rings (SSSR count). The van der Waals surface area contributed by atoms with Gasteiger partial charge in [0, 0.05) is 18.7 Å². The lowest BCUT2D eigenvalue weighted by atomic mass is 10.1. The Morgan fingerprint density at radius 1 is 1.09 bits per heavy atom. The minimum absolute atomic E-state index is 0.105. The van der Waals surface area contributed by atoms with Gasteiger partial charge in [0.15, 0.2) is 0 Å². The van der Waals surface area contributed by atoms with Gasteiger partial charge in [0.25, 0.3) is 0 Å². The summed E-state index contributed by atoms with van der Waals surface area (Å²) >= 11 is 12.0. The predicted octanol–water partition coefficient (Wildman–Crippen LogP) is 5.08. The summed E-state index contributed by atoms with van der Waals surface area (Å²) in [6, 6.07) is 19.8. The highest BCUT2D eigenvalue weighted by molar-refractivity contribution is 6.42. The van der Waals surface area contributed by atoms with Crippen molar-refractivity contribution in [2.24, 2.45) is 11.0 Å². The number of hydrazone groups is 1. The van der Waals surface area contributed by atoms with Crippen molar-refractivity contribution in [1.82, 2.24) is 5.43 Å². The minimum atomic E-state index is -0.484. The number of anilines is 1. The fourth-order valence-corrected chi connectivity index (χ4v) is 3.96. The number of carbonyl (C=O) groups is 2. The second-order valence-corrected chi connectivity index (χ2v) is 8.76. The van der Waals surface area contributed by atoms with Crippen LogP contribution in [0.1, 0.15) is 17.5 Å². The number of ether oxygens (including phenoxy) is 2. The summed E-state index contributed by atoms with van der Waals surface area (Å²) < 4.78 is 11.0. The van der Waals surface area contributed by atoms with Crippen LogP contribution in [0.5, 0.6) is 11.5 Å². The Morgan fingerprint density at radius 3 is 2.63 bits per heavy atom. The third-order valence-corrected chi connectivity index (χ3v) is 6.25. The topological polar surface area (TPSA) is 80.2 Å². The molecule has 0 spiro atoms. The first kappa shape index (κ1) is 24.6. The summed E-state index contributed by atoms with van der Waals surface area (Å²) in [6.07, 6.45) is 1.66. The van der Waals surface area contributed by atoms with Crippen LogP contribution in [0.15, 0.2) is 71.8 Å². The van der Waals surface area contributed by atoms with Gasteiger partial charge in [-0.1, -0.05) is 41.4 Å². The summed E-state index contributed by atoms with van der Waals surface area (Å²) in [7, 11) is 1.58. The highest BCUT2D eigenvalue weighted by atomic mass is 35.5. The van der Waals surface area contributed by atoms with Gasteiger partial charge in [0.2, 0.25) is 11.8 Å². The van der Waals surface area contributed by atoms with E-state index in [1.54, 1.807) is 54.5 Å². The van der Waals surface area contributed by atoms with Crippen molar-refractivity contribution in [1.29, 1.82) is 0 Å². The average Bonchev–Trinajstić information content (AvgIpc) is 3.26. The van der Waals surface area contributed by atoms with Crippen LogP contribution in [0.3, 0.4) is 0 Å². The summed E-state index contributed by atoms with van der Waals surface area (Å²) in [6.45, 7) is 0.624. The van der Waals surface area contributed by atoms with E-state index in [1.807, 2.05) is 24.3 Å². The Morgan fingerprint density at radius 2 is 1.89 bits per heavy atom. The molecule has 2 amide bonds. The SMILES string of the molecule is COc1ccc(N2C[C@H](C(=O)N/N=C/c3cccc(OCc4ccc(Cl)c(Cl)c4)c3)CC2=O)cc1. The molecule has 35 heavy (non-hydrogen) atoms. The van der Waals surface area contributed by atoms with Crippen LogP contribution in [0.4, 0.5) is 5.69 Å². The number of nitrogens with one attached hydrogen (secondary N) is 1. The number of benzene rings is 3. The number of carbonyl (C=O) groups excluding carboxylic acids is 2. The summed E-state index contributed by atoms with van der Waals surface area (Å²) in [5, 5.41) is 5.02. The van der Waals surface area contributed by atoms with E-state index in [2.05, 4.69) is 10.5 Å². The molecule has 1 fully saturated rings. The molecule has 1 saturated heterocycles. The number of halogens is 2. The van der Waals surface area contributed by atoms with E-state index in [9.17, 15) is 9.59 Å². The van der Waals surface area contributed by atoms with Crippen molar-refractivity contribution in [3.05, 3.63) is 87.9 Å². The molecule has 1 aliphatic rings. The number of nitrogens with zero attached hydrogens (tertiary/aromatic N) is 2. The van der Waals surface area contributed by atoms with Gasteiger partial charge in [-0.15, -0.1) is 0 Å². The van der Waals surface area contributed by atoms with Gasteiger partial charge in [0.1, 0.15) is 18.1 Å². The zero-order chi connectivity index (χ0) is 24.8. The largest absolute Gasteiger partial charge is 0.497 e. The van der Waals surface area contributed by atoms with E-state index in [1.165, 1.54) is 6.21 Å². The molecule has 180 valence electrons. The molecule has 0 saturated carbocycles. The summed E-state index contributed by atoms with van der Waals surface area (Å²) in [5.41, 5.74) is 4.90. The van der Waals surface area contributed by atoms with E-state index in [-0.39, 0.29) is 18.2 Å². The molecular weight excluding hydrogens is 489 g/mol. The Labute approximate surface area is 213 Å². The molecular formula is C26H23Cl2N3O4. The zero-order valence-corrected chi connectivity index (χ0v) is 20.4. The first-order chi connectivity index (χ1) is 16.9. The number of hydrogen-bond acceptors (Lipinski definition) is 5. The highest BCUT2D eigenvalue weighted by Crippen LogP contribution is 2.27. The van der Waals surface area contributed by atoms with Crippen LogP contribution >= 0.6 is 23.2 Å². The molecule has 1 atom stereocenters. The third-order valence-electron chi connectivity index (χ3n) is 5.52. The minimum Gasteiger partial charge on any atom is -0.497 e. The van der Waals surface area contributed by atoms with E-state index < -0.39 is 5.92 Å². The first-order valence-corrected chi connectivity index (χ1v) is 11.6. The standard InChI is InChI=1S/C26H23Cl2N3O4/c1-34-21-8-6-20(7-9-21)31-15-19(13-25(31)32)26(33)30-29-14-17-3-2-4-22(11-17)35-16-18-5-10-23(27)24(28)12-18/h2-12,14,19H,13,15-16H2,1H3,(H,30,33)/b29-14+/t19-/m1/s1. The summed E-state index contributed by atoms with van der Waals surface area (Å²) in [4.78, 5) is 26.6. The molecule has 3 aromatic rings. The van der Waals surface area contributed by atoms with Gasteiger partial charge in [0.05, 0.1) is 29.3 Å². The van der Waals surface area contributed by atoms with Crippen LogP contribution in [0.25, 0.3) is 0 Å². The Balaban J connectivity index is 1.30. The lowest BCUT2D eigenvalue weighted by Crippen LogP contribution is -2.30. The molecule has 0 unspecified atom stereocenters. The van der Waals surface area contributed by atoms with Gasteiger partial charge in [-0.2, -0.15) is 5.10 Å². The van der Waals surface area contributed by atoms with E-state index in [0.717, 1.165) is 16.8 Å². The fourth-order valence-electron chi connectivity index (χ4n) is 3.64. The lowest BCUT2D eigenvalue weighted by Gasteiger charge is -2.16. The predicted molar refractivity (Wildman–Crippen MR) is 136 cm³/mol. The van der Waals surface area contributed by atoms with Gasteiger partial charge in [-0.25, -0.2) is 5.43 Å². The van der Waals surface area contributed by atoms with Crippen molar-refractivity contribution >= 4 is 46.9 Å². The van der Waals surface area contributed by atoms with Crippen LogP contribution in [-0.2, 0) is 16.2 Å². The maximum absolute atomic E-state index is 12.6. The summed E-state index contributed by atoms with van der Waals surface area (Å²) in [5.74, 6) is 0.446. The highest BCUT2D eigenvalue weighted by Gasteiger charge is 2.35. The molecule has 0 bridgehead atoms. The van der Waals surface area contributed by atoms with Gasteiger partial charge < -0.3 is 14.4 Å². The van der Waals surface area contributed by atoms with Crippen molar-refractivity contribution in [3.8, 4) is 11.5 Å². The van der Waals surface area contributed by atoms with Gasteiger partial charge >= 0.3 is 0 Å². The van der Waals surface area contributed by atoms with Crippen LogP contribution < -0.4 is 19.8 Å². The van der Waals surface area contributed by atoms with Gasteiger partial charge in [-0.05, 0) is 59.7 Å². The lowest BCUT2D eigenvalue weighted by molar-refractivity contribution is -0.126. The average molecular weight is 512 g/mol. The maximum Gasteiger partial charge on any atom is 0.245 e. The third kappa shape index (κ3) is 6.32. The van der Waals surface area contributed by atoms with Crippen molar-refractivity contribution in [2.75, 3.05) is 18.6 Å².